The summed E-state index contributed by atoms with van der Waals surface area (Å²) in [7, 11) is 0. The number of fused-ring (bicyclic) bond motifs is 1. The van der Waals surface area contributed by atoms with Crippen molar-refractivity contribution in [3.05, 3.63) is 16.6 Å². The summed E-state index contributed by atoms with van der Waals surface area (Å²) in [4.78, 5) is 2.36. The molecule has 1 aromatic carbocycles. The Morgan fingerprint density at radius 1 is 1.06 bits per heavy atom. The summed E-state index contributed by atoms with van der Waals surface area (Å²) in [6.45, 7) is 2.20. The van der Waals surface area contributed by atoms with Crippen molar-refractivity contribution in [3.63, 3.8) is 0 Å². The molecule has 1 aromatic heterocycles. The van der Waals surface area contributed by atoms with Gasteiger partial charge in [-0.1, -0.05) is 0 Å². The summed E-state index contributed by atoms with van der Waals surface area (Å²) in [6, 6.07) is 4.10. The first kappa shape index (κ1) is 10.1. The minimum absolute atomic E-state index is 0.808. The molecule has 5 heteroatoms. The summed E-state index contributed by atoms with van der Waals surface area (Å²) < 4.78 is 5.76. The highest BCUT2D eigenvalue weighted by Gasteiger charge is 2.17. The molecule has 16 heavy (non-hydrogen) atoms. The van der Waals surface area contributed by atoms with Crippen LogP contribution in [0.25, 0.3) is 11.0 Å². The van der Waals surface area contributed by atoms with Crippen LogP contribution in [-0.4, -0.2) is 23.4 Å². The van der Waals surface area contributed by atoms with Crippen LogP contribution in [0.1, 0.15) is 19.3 Å². The van der Waals surface area contributed by atoms with E-state index < -0.39 is 0 Å². The zero-order chi connectivity index (χ0) is 11.0. The molecule has 0 amide bonds. The van der Waals surface area contributed by atoms with Crippen molar-refractivity contribution >= 4 is 32.7 Å². The van der Waals surface area contributed by atoms with Crippen LogP contribution in [0.2, 0.25) is 0 Å². The normalized spacial score (nSPS) is 16.9. The molecule has 0 unspecified atom stereocenters. The molecule has 1 aliphatic heterocycles. The SMILES string of the molecule is Brc1ccc(N2CCCCC2)c2nonc12. The average Bonchev–Trinajstić information content (AvgIpc) is 2.81. The molecule has 0 spiro atoms. The first-order valence-electron chi connectivity index (χ1n) is 5.52. The predicted octanol–water partition coefficient (Wildman–Crippen LogP) is 2.98. The maximum Gasteiger partial charge on any atom is 0.159 e. The van der Waals surface area contributed by atoms with E-state index in [2.05, 4.69) is 37.2 Å². The maximum absolute atomic E-state index is 4.82. The minimum atomic E-state index is 0.808. The smallest absolute Gasteiger partial charge is 0.159 e. The molecule has 2 aromatic rings. The average molecular weight is 282 g/mol. The third kappa shape index (κ3) is 1.59. The van der Waals surface area contributed by atoms with Crippen LogP contribution >= 0.6 is 15.9 Å². The van der Waals surface area contributed by atoms with E-state index in [-0.39, 0.29) is 0 Å². The molecule has 1 aliphatic rings. The molecule has 84 valence electrons. The Hall–Kier alpha value is -1.10. The van der Waals surface area contributed by atoms with Gasteiger partial charge in [0.1, 0.15) is 0 Å². The molecule has 2 heterocycles. The van der Waals surface area contributed by atoms with Gasteiger partial charge in [0.15, 0.2) is 11.0 Å². The predicted molar refractivity (Wildman–Crippen MR) is 65.6 cm³/mol. The van der Waals surface area contributed by atoms with Gasteiger partial charge in [-0.15, -0.1) is 0 Å². The summed E-state index contributed by atoms with van der Waals surface area (Å²) in [5, 5.41) is 7.91. The zero-order valence-corrected chi connectivity index (χ0v) is 10.4. The van der Waals surface area contributed by atoms with Crippen molar-refractivity contribution in [1.82, 2.24) is 10.3 Å². The van der Waals surface area contributed by atoms with E-state index in [1.807, 2.05) is 6.07 Å². The molecule has 1 fully saturated rings. The van der Waals surface area contributed by atoms with Crippen molar-refractivity contribution in [2.24, 2.45) is 0 Å². The van der Waals surface area contributed by atoms with Gasteiger partial charge in [0, 0.05) is 17.6 Å². The van der Waals surface area contributed by atoms with Gasteiger partial charge in [-0.3, -0.25) is 0 Å². The van der Waals surface area contributed by atoms with Crippen LogP contribution < -0.4 is 4.90 Å². The number of aromatic nitrogens is 2. The lowest BCUT2D eigenvalue weighted by Crippen LogP contribution is -2.29. The third-order valence-electron chi connectivity index (χ3n) is 3.04. The van der Waals surface area contributed by atoms with Crippen LogP contribution in [0.15, 0.2) is 21.2 Å². The molecular weight excluding hydrogens is 270 g/mol. The van der Waals surface area contributed by atoms with E-state index >= 15 is 0 Å². The number of anilines is 1. The van der Waals surface area contributed by atoms with Crippen molar-refractivity contribution < 1.29 is 4.63 Å². The Morgan fingerprint density at radius 3 is 2.62 bits per heavy atom. The largest absolute Gasteiger partial charge is 0.370 e. The number of hydrogen-bond donors (Lipinski definition) is 0. The Kier molecular flexibility index (Phi) is 2.55. The summed E-state index contributed by atoms with van der Waals surface area (Å²) >= 11 is 3.45. The van der Waals surface area contributed by atoms with Gasteiger partial charge < -0.3 is 4.90 Å². The van der Waals surface area contributed by atoms with Gasteiger partial charge in [-0.05, 0) is 57.6 Å². The van der Waals surface area contributed by atoms with Gasteiger partial charge in [0.05, 0.1) is 5.69 Å². The number of halogens is 1. The Balaban J connectivity index is 2.08. The fraction of sp³-hybridized carbons (Fsp3) is 0.455. The van der Waals surface area contributed by atoms with Gasteiger partial charge in [-0.2, -0.15) is 0 Å². The first-order chi connectivity index (χ1) is 7.86. The quantitative estimate of drug-likeness (QED) is 0.806. The minimum Gasteiger partial charge on any atom is -0.370 e. The molecule has 1 saturated heterocycles. The zero-order valence-electron chi connectivity index (χ0n) is 8.82. The molecule has 0 N–H and O–H groups in total. The van der Waals surface area contributed by atoms with E-state index in [1.54, 1.807) is 0 Å². The first-order valence-corrected chi connectivity index (χ1v) is 6.31. The molecule has 0 saturated carbocycles. The van der Waals surface area contributed by atoms with E-state index in [1.165, 1.54) is 19.3 Å². The number of nitrogens with zero attached hydrogens (tertiary/aromatic N) is 3. The van der Waals surface area contributed by atoms with Gasteiger partial charge in [-0.25, -0.2) is 4.63 Å². The number of piperidine rings is 1. The Bertz CT molecular complexity index is 505. The maximum atomic E-state index is 4.82. The van der Waals surface area contributed by atoms with E-state index in [0.717, 1.165) is 34.3 Å². The lowest BCUT2D eigenvalue weighted by Gasteiger charge is -2.28. The standard InChI is InChI=1S/C11H12BrN3O/c12-8-4-5-9(11-10(8)13-16-14-11)15-6-2-1-3-7-15/h4-5H,1-3,6-7H2. The number of benzene rings is 1. The highest BCUT2D eigenvalue weighted by molar-refractivity contribution is 9.10. The summed E-state index contributed by atoms with van der Waals surface area (Å²) in [5.74, 6) is 0. The number of rotatable bonds is 1. The highest BCUT2D eigenvalue weighted by Crippen LogP contribution is 2.31. The topological polar surface area (TPSA) is 42.2 Å². The van der Waals surface area contributed by atoms with Crippen molar-refractivity contribution in [2.45, 2.75) is 19.3 Å². The van der Waals surface area contributed by atoms with E-state index in [0.29, 0.717) is 0 Å². The van der Waals surface area contributed by atoms with Gasteiger partial charge in [0.2, 0.25) is 0 Å². The second-order valence-corrected chi connectivity index (χ2v) is 4.93. The third-order valence-corrected chi connectivity index (χ3v) is 3.68. The van der Waals surface area contributed by atoms with E-state index in [4.69, 9.17) is 4.63 Å². The van der Waals surface area contributed by atoms with Gasteiger partial charge >= 0.3 is 0 Å². The molecule has 3 rings (SSSR count). The van der Waals surface area contributed by atoms with Crippen molar-refractivity contribution in [3.8, 4) is 0 Å². The Morgan fingerprint density at radius 2 is 1.81 bits per heavy atom. The molecule has 4 nitrogen and oxygen atoms in total. The van der Waals surface area contributed by atoms with Crippen LogP contribution in [0.5, 0.6) is 0 Å². The van der Waals surface area contributed by atoms with Crippen LogP contribution in [-0.2, 0) is 0 Å². The van der Waals surface area contributed by atoms with Gasteiger partial charge in [0.25, 0.3) is 0 Å². The van der Waals surface area contributed by atoms with Crippen molar-refractivity contribution in [2.75, 3.05) is 18.0 Å². The number of hydrogen-bond acceptors (Lipinski definition) is 4. The fourth-order valence-corrected chi connectivity index (χ4v) is 2.61. The highest BCUT2D eigenvalue weighted by atomic mass is 79.9. The molecule has 0 radical (unpaired) electrons. The second kappa shape index (κ2) is 4.05. The van der Waals surface area contributed by atoms with Crippen LogP contribution in [0.3, 0.4) is 0 Å². The molecule has 0 bridgehead atoms. The Labute approximate surface area is 102 Å². The lowest BCUT2D eigenvalue weighted by molar-refractivity contribution is 0.315. The monoisotopic (exact) mass is 281 g/mol. The molecular formula is C11H12BrN3O. The van der Waals surface area contributed by atoms with Crippen LogP contribution in [0.4, 0.5) is 5.69 Å². The lowest BCUT2D eigenvalue weighted by atomic mass is 10.1. The summed E-state index contributed by atoms with van der Waals surface area (Å²) in [5.41, 5.74) is 2.80. The van der Waals surface area contributed by atoms with E-state index in [9.17, 15) is 0 Å². The van der Waals surface area contributed by atoms with Crippen molar-refractivity contribution in [1.29, 1.82) is 0 Å². The summed E-state index contributed by atoms with van der Waals surface area (Å²) in [6.07, 6.45) is 3.83. The van der Waals surface area contributed by atoms with Crippen LogP contribution in [0, 0.1) is 0 Å². The molecule has 0 aliphatic carbocycles. The second-order valence-electron chi connectivity index (χ2n) is 4.08. The molecule has 0 atom stereocenters. The fourth-order valence-electron chi connectivity index (χ4n) is 2.21.